The van der Waals surface area contributed by atoms with Gasteiger partial charge in [-0.3, -0.25) is 8.98 Å². The Kier molecular flexibility index (Phi) is 5.64. The molecule has 0 N–H and O–H groups in total. The summed E-state index contributed by atoms with van der Waals surface area (Å²) in [5.74, 6) is -0.0709. The van der Waals surface area contributed by atoms with Crippen LogP contribution in [0.2, 0.25) is 0 Å². The normalized spacial score (nSPS) is 21.5. The van der Waals surface area contributed by atoms with Crippen LogP contribution in [-0.2, 0) is 19.1 Å². The molecule has 1 rings (SSSR count). The van der Waals surface area contributed by atoms with Crippen molar-refractivity contribution in [3.05, 3.63) is 13.2 Å². The van der Waals surface area contributed by atoms with Crippen LogP contribution in [-0.4, -0.2) is 27.1 Å². The second-order valence-electron chi connectivity index (χ2n) is 3.04. The largest absolute Gasteiger partial charge is 0.299 e. The second-order valence-corrected chi connectivity index (χ2v) is 4.69. The molecule has 1 saturated carbocycles. The van der Waals surface area contributed by atoms with Gasteiger partial charge in [-0.15, -0.1) is 13.2 Å². The lowest BCUT2D eigenvalue weighted by molar-refractivity contribution is -0.121. The van der Waals surface area contributed by atoms with E-state index in [0.717, 1.165) is 19.1 Å². The standard InChI is InChI=1S/C7H12O4S.C2H4/c1-12(9,10)11-5-6-3-2-4-7(6)8;1-2/h6H,2-5H2,1H3;1-2H2. The number of hydrogen-bond donors (Lipinski definition) is 0. The fourth-order valence-electron chi connectivity index (χ4n) is 1.27. The van der Waals surface area contributed by atoms with Gasteiger partial charge in [-0.2, -0.15) is 8.42 Å². The third-order valence-corrected chi connectivity index (χ3v) is 2.48. The van der Waals surface area contributed by atoms with Gasteiger partial charge in [0.05, 0.1) is 12.9 Å². The highest BCUT2D eigenvalue weighted by Crippen LogP contribution is 2.21. The highest BCUT2D eigenvalue weighted by atomic mass is 32.2. The van der Waals surface area contributed by atoms with E-state index in [1.54, 1.807) is 0 Å². The van der Waals surface area contributed by atoms with Gasteiger partial charge in [-0.1, -0.05) is 0 Å². The van der Waals surface area contributed by atoms with Crippen LogP contribution in [0.25, 0.3) is 0 Å². The minimum atomic E-state index is -3.39. The summed E-state index contributed by atoms with van der Waals surface area (Å²) in [6.45, 7) is 6.03. The molecule has 1 fully saturated rings. The summed E-state index contributed by atoms with van der Waals surface area (Å²) in [7, 11) is -3.39. The summed E-state index contributed by atoms with van der Waals surface area (Å²) in [4.78, 5) is 11.0. The Hall–Kier alpha value is -0.680. The molecule has 0 aromatic heterocycles. The first-order valence-corrected chi connectivity index (χ1v) is 6.18. The second kappa shape index (κ2) is 5.93. The molecule has 1 aliphatic carbocycles. The fourth-order valence-corrected chi connectivity index (χ4v) is 1.68. The molecule has 0 saturated heterocycles. The molecule has 0 amide bonds. The van der Waals surface area contributed by atoms with Crippen LogP contribution in [0.4, 0.5) is 0 Å². The molecule has 14 heavy (non-hydrogen) atoms. The lowest BCUT2D eigenvalue weighted by Gasteiger charge is -2.05. The van der Waals surface area contributed by atoms with E-state index < -0.39 is 10.1 Å². The lowest BCUT2D eigenvalue weighted by atomic mass is 10.1. The molecule has 1 unspecified atom stereocenters. The molecule has 0 bridgehead atoms. The number of carbonyl (C=O) groups is 1. The van der Waals surface area contributed by atoms with Gasteiger partial charge in [0.15, 0.2) is 0 Å². The van der Waals surface area contributed by atoms with Gasteiger partial charge in [-0.05, 0) is 12.8 Å². The van der Waals surface area contributed by atoms with Crippen LogP contribution in [0.15, 0.2) is 13.2 Å². The van der Waals surface area contributed by atoms with Crippen LogP contribution >= 0.6 is 0 Å². The molecule has 0 aliphatic heterocycles. The third kappa shape index (κ3) is 5.14. The van der Waals surface area contributed by atoms with Gasteiger partial charge in [0.2, 0.25) is 0 Å². The van der Waals surface area contributed by atoms with Gasteiger partial charge in [0, 0.05) is 12.3 Å². The van der Waals surface area contributed by atoms with Crippen molar-refractivity contribution in [3.63, 3.8) is 0 Å². The molecule has 1 aliphatic rings. The van der Waals surface area contributed by atoms with Gasteiger partial charge < -0.3 is 0 Å². The first-order valence-electron chi connectivity index (χ1n) is 4.36. The maximum absolute atomic E-state index is 11.0. The molecule has 82 valence electrons. The van der Waals surface area contributed by atoms with Gasteiger partial charge >= 0.3 is 0 Å². The Bertz CT molecular complexity index is 281. The van der Waals surface area contributed by atoms with Crippen LogP contribution < -0.4 is 0 Å². The molecule has 0 aromatic carbocycles. The Morgan fingerprint density at radius 1 is 1.50 bits per heavy atom. The van der Waals surface area contributed by atoms with Gasteiger partial charge in [0.1, 0.15) is 5.78 Å². The maximum atomic E-state index is 11.0. The minimum Gasteiger partial charge on any atom is -0.299 e. The fraction of sp³-hybridized carbons (Fsp3) is 0.667. The van der Waals surface area contributed by atoms with E-state index in [0.29, 0.717) is 6.42 Å². The van der Waals surface area contributed by atoms with Crippen molar-refractivity contribution in [2.45, 2.75) is 19.3 Å². The Morgan fingerprint density at radius 3 is 2.43 bits per heavy atom. The molecule has 0 radical (unpaired) electrons. The molecular weight excluding hydrogens is 204 g/mol. The highest BCUT2D eigenvalue weighted by Gasteiger charge is 2.25. The highest BCUT2D eigenvalue weighted by molar-refractivity contribution is 7.85. The minimum absolute atomic E-state index is 0.0255. The molecule has 0 aromatic rings. The number of Topliss-reactive ketones (excluding diaryl/α,β-unsaturated/α-hetero) is 1. The zero-order valence-corrected chi connectivity index (χ0v) is 9.18. The molecule has 0 heterocycles. The summed E-state index contributed by atoms with van der Waals surface area (Å²) in [5, 5.41) is 0. The van der Waals surface area contributed by atoms with Crippen molar-refractivity contribution >= 4 is 15.9 Å². The van der Waals surface area contributed by atoms with Crippen molar-refractivity contribution in [2.75, 3.05) is 12.9 Å². The molecule has 4 nitrogen and oxygen atoms in total. The number of hydrogen-bond acceptors (Lipinski definition) is 4. The van der Waals surface area contributed by atoms with Gasteiger partial charge in [-0.25, -0.2) is 0 Å². The summed E-state index contributed by atoms with van der Waals surface area (Å²) >= 11 is 0. The third-order valence-electron chi connectivity index (χ3n) is 1.91. The van der Waals surface area contributed by atoms with E-state index in [2.05, 4.69) is 17.3 Å². The predicted molar refractivity (Wildman–Crippen MR) is 54.4 cm³/mol. The smallest absolute Gasteiger partial charge is 0.264 e. The van der Waals surface area contributed by atoms with Crippen LogP contribution in [0.5, 0.6) is 0 Å². The Balaban J connectivity index is 0.000000791. The van der Waals surface area contributed by atoms with Crippen LogP contribution in [0, 0.1) is 5.92 Å². The first kappa shape index (κ1) is 13.3. The van der Waals surface area contributed by atoms with E-state index >= 15 is 0 Å². The summed E-state index contributed by atoms with van der Waals surface area (Å²) in [5.41, 5.74) is 0. The van der Waals surface area contributed by atoms with Crippen molar-refractivity contribution in [1.82, 2.24) is 0 Å². The van der Waals surface area contributed by atoms with E-state index in [1.165, 1.54) is 0 Å². The average Bonchev–Trinajstić information content (AvgIpc) is 2.50. The SMILES string of the molecule is C=C.CS(=O)(=O)OCC1CCCC1=O. The van der Waals surface area contributed by atoms with Gasteiger partial charge in [0.25, 0.3) is 10.1 Å². The van der Waals surface area contributed by atoms with Crippen molar-refractivity contribution < 1.29 is 17.4 Å². The zero-order chi connectivity index (χ0) is 11.2. The number of rotatable bonds is 3. The summed E-state index contributed by atoms with van der Waals surface area (Å²) in [6.07, 6.45) is 3.18. The van der Waals surface area contributed by atoms with E-state index in [9.17, 15) is 13.2 Å². The summed E-state index contributed by atoms with van der Waals surface area (Å²) in [6, 6.07) is 0. The van der Waals surface area contributed by atoms with Crippen LogP contribution in [0.1, 0.15) is 19.3 Å². The van der Waals surface area contributed by atoms with E-state index in [4.69, 9.17) is 0 Å². The predicted octanol–water partition coefficient (Wildman–Crippen LogP) is 1.13. The topological polar surface area (TPSA) is 60.4 Å². The average molecular weight is 220 g/mol. The summed E-state index contributed by atoms with van der Waals surface area (Å²) < 4.78 is 25.7. The first-order chi connectivity index (χ1) is 6.49. The molecule has 1 atom stereocenters. The van der Waals surface area contributed by atoms with Crippen molar-refractivity contribution in [3.8, 4) is 0 Å². The van der Waals surface area contributed by atoms with E-state index in [-0.39, 0.29) is 18.3 Å². The quantitative estimate of drug-likeness (QED) is 0.528. The maximum Gasteiger partial charge on any atom is 0.264 e. The number of ketones is 1. The Morgan fingerprint density at radius 2 is 2.07 bits per heavy atom. The molecule has 0 spiro atoms. The van der Waals surface area contributed by atoms with Crippen LogP contribution in [0.3, 0.4) is 0 Å². The molecule has 5 heteroatoms. The monoisotopic (exact) mass is 220 g/mol. The van der Waals surface area contributed by atoms with Crippen molar-refractivity contribution in [1.29, 1.82) is 0 Å². The zero-order valence-electron chi connectivity index (χ0n) is 8.36. The number of carbonyl (C=O) groups excluding carboxylic acids is 1. The van der Waals surface area contributed by atoms with Crippen molar-refractivity contribution in [2.24, 2.45) is 5.92 Å². The van der Waals surface area contributed by atoms with E-state index in [1.807, 2.05) is 0 Å². The molecular formula is C9H16O4S. The lowest BCUT2D eigenvalue weighted by Crippen LogP contribution is -2.16. The Labute approximate surface area is 85.1 Å².